The van der Waals surface area contributed by atoms with E-state index in [-0.39, 0.29) is 5.60 Å². The molecule has 1 aromatic rings. The minimum Gasteiger partial charge on any atom is -0.372 e. The molecule has 0 unspecified atom stereocenters. The van der Waals surface area contributed by atoms with Crippen molar-refractivity contribution < 1.29 is 4.74 Å². The Balaban J connectivity index is 1.73. The lowest BCUT2D eigenvalue weighted by Gasteiger charge is -2.38. The van der Waals surface area contributed by atoms with E-state index in [1.807, 2.05) is 12.1 Å². The van der Waals surface area contributed by atoms with Crippen LogP contribution in [0.4, 0.5) is 5.82 Å². The van der Waals surface area contributed by atoms with Crippen LogP contribution in [0.5, 0.6) is 0 Å². The number of hydrogen-bond acceptors (Lipinski definition) is 4. The fraction of sp³-hybridized carbons (Fsp3) is 0.667. The van der Waals surface area contributed by atoms with Gasteiger partial charge in [-0.1, -0.05) is 11.6 Å². The third-order valence-electron chi connectivity index (χ3n) is 3.79. The van der Waals surface area contributed by atoms with E-state index < -0.39 is 0 Å². The molecule has 4 nitrogen and oxygen atoms in total. The Hall–Kier alpha value is -0.840. The van der Waals surface area contributed by atoms with Gasteiger partial charge in [-0.15, -0.1) is 0 Å². The van der Waals surface area contributed by atoms with Crippen molar-refractivity contribution in [3.63, 3.8) is 0 Å². The molecule has 1 saturated carbocycles. The zero-order chi connectivity index (χ0) is 14.2. The Bertz CT molecular complexity index is 488. The monoisotopic (exact) mass is 295 g/mol. The average molecular weight is 296 g/mol. The fourth-order valence-corrected chi connectivity index (χ4v) is 2.69. The molecule has 2 heterocycles. The molecule has 0 aromatic carbocycles. The molecule has 3 rings (SSSR count). The van der Waals surface area contributed by atoms with Gasteiger partial charge in [0.25, 0.3) is 0 Å². The predicted octanol–water partition coefficient (Wildman–Crippen LogP) is 2.60. The van der Waals surface area contributed by atoms with E-state index in [0.29, 0.717) is 6.04 Å². The molecule has 0 radical (unpaired) electrons. The number of nitrogens with one attached hydrogen (secondary N) is 1. The van der Waals surface area contributed by atoms with Gasteiger partial charge >= 0.3 is 0 Å². The molecule has 1 N–H and O–H groups in total. The SMILES string of the molecule is CC1(C)CN(c2ccc(Cl)c(CNC3CC3)n2)CCO1. The summed E-state index contributed by atoms with van der Waals surface area (Å²) in [7, 11) is 0. The predicted molar refractivity (Wildman–Crippen MR) is 81.4 cm³/mol. The van der Waals surface area contributed by atoms with Crippen molar-refractivity contribution in [2.75, 3.05) is 24.6 Å². The molecule has 0 spiro atoms. The highest BCUT2D eigenvalue weighted by molar-refractivity contribution is 6.31. The van der Waals surface area contributed by atoms with Crippen LogP contribution in [0.2, 0.25) is 5.02 Å². The van der Waals surface area contributed by atoms with Crippen molar-refractivity contribution in [2.45, 2.75) is 44.9 Å². The largest absolute Gasteiger partial charge is 0.372 e. The molecule has 1 aromatic heterocycles. The second-order valence-corrected chi connectivity index (χ2v) is 6.69. The summed E-state index contributed by atoms with van der Waals surface area (Å²) in [5, 5.41) is 4.21. The van der Waals surface area contributed by atoms with Crippen molar-refractivity contribution >= 4 is 17.4 Å². The van der Waals surface area contributed by atoms with Crippen molar-refractivity contribution in [3.05, 3.63) is 22.8 Å². The second kappa shape index (κ2) is 5.51. The maximum absolute atomic E-state index is 6.25. The number of aromatic nitrogens is 1. The standard InChI is InChI=1S/C15H22ClN3O/c1-15(2)10-19(7-8-20-15)14-6-5-12(16)13(18-14)9-17-11-3-4-11/h5-6,11,17H,3-4,7-10H2,1-2H3. The van der Waals surface area contributed by atoms with Crippen molar-refractivity contribution in [1.82, 2.24) is 10.3 Å². The van der Waals surface area contributed by atoms with E-state index in [1.165, 1.54) is 12.8 Å². The number of pyridine rings is 1. The highest BCUT2D eigenvalue weighted by Gasteiger charge is 2.28. The number of nitrogens with zero attached hydrogens (tertiary/aromatic N) is 2. The zero-order valence-corrected chi connectivity index (χ0v) is 12.9. The van der Waals surface area contributed by atoms with Crippen LogP contribution in [0.25, 0.3) is 0 Å². The Kier molecular flexibility index (Phi) is 3.89. The van der Waals surface area contributed by atoms with Gasteiger partial charge in [-0.3, -0.25) is 0 Å². The first kappa shape index (κ1) is 14.1. The molecule has 1 aliphatic heterocycles. The van der Waals surface area contributed by atoms with E-state index in [9.17, 15) is 0 Å². The van der Waals surface area contributed by atoms with Gasteiger partial charge in [-0.2, -0.15) is 0 Å². The Labute approximate surface area is 125 Å². The van der Waals surface area contributed by atoms with Gasteiger partial charge in [-0.25, -0.2) is 4.98 Å². The minimum absolute atomic E-state index is 0.119. The summed E-state index contributed by atoms with van der Waals surface area (Å²) in [6.45, 7) is 7.47. The summed E-state index contributed by atoms with van der Waals surface area (Å²) >= 11 is 6.25. The van der Waals surface area contributed by atoms with Crippen LogP contribution < -0.4 is 10.2 Å². The number of anilines is 1. The molecule has 0 amide bonds. The third-order valence-corrected chi connectivity index (χ3v) is 4.13. The Morgan fingerprint density at radius 1 is 1.45 bits per heavy atom. The summed E-state index contributed by atoms with van der Waals surface area (Å²) in [6, 6.07) is 4.62. The van der Waals surface area contributed by atoms with E-state index in [2.05, 4.69) is 24.1 Å². The molecule has 2 aliphatic rings. The lowest BCUT2D eigenvalue weighted by atomic mass is 10.1. The highest BCUT2D eigenvalue weighted by atomic mass is 35.5. The maximum Gasteiger partial charge on any atom is 0.129 e. The van der Waals surface area contributed by atoms with Crippen LogP contribution in [0, 0.1) is 0 Å². The Morgan fingerprint density at radius 2 is 2.25 bits per heavy atom. The van der Waals surface area contributed by atoms with E-state index in [1.54, 1.807) is 0 Å². The minimum atomic E-state index is -0.119. The van der Waals surface area contributed by atoms with Gasteiger partial charge in [0.05, 0.1) is 22.9 Å². The maximum atomic E-state index is 6.25. The number of hydrogen-bond donors (Lipinski definition) is 1. The molecule has 0 atom stereocenters. The average Bonchev–Trinajstić information content (AvgIpc) is 3.20. The zero-order valence-electron chi connectivity index (χ0n) is 12.2. The highest BCUT2D eigenvalue weighted by Crippen LogP contribution is 2.25. The second-order valence-electron chi connectivity index (χ2n) is 6.28. The van der Waals surface area contributed by atoms with Crippen molar-refractivity contribution in [3.8, 4) is 0 Å². The lowest BCUT2D eigenvalue weighted by molar-refractivity contribution is -0.0279. The van der Waals surface area contributed by atoms with E-state index in [0.717, 1.165) is 42.8 Å². The van der Waals surface area contributed by atoms with E-state index in [4.69, 9.17) is 21.3 Å². The van der Waals surface area contributed by atoms with Gasteiger partial charge in [0.2, 0.25) is 0 Å². The van der Waals surface area contributed by atoms with Gasteiger partial charge in [0.1, 0.15) is 5.82 Å². The molecule has 0 bridgehead atoms. The molecule has 110 valence electrons. The smallest absolute Gasteiger partial charge is 0.129 e. The first-order valence-electron chi connectivity index (χ1n) is 7.31. The first-order chi connectivity index (χ1) is 9.53. The van der Waals surface area contributed by atoms with Gasteiger partial charge in [0.15, 0.2) is 0 Å². The van der Waals surface area contributed by atoms with Crippen LogP contribution in [0.1, 0.15) is 32.4 Å². The summed E-state index contributed by atoms with van der Waals surface area (Å²) in [6.07, 6.45) is 2.55. The molecular weight excluding hydrogens is 274 g/mol. The summed E-state index contributed by atoms with van der Waals surface area (Å²) in [4.78, 5) is 7.02. The van der Waals surface area contributed by atoms with Gasteiger partial charge in [0, 0.05) is 25.7 Å². The summed E-state index contributed by atoms with van der Waals surface area (Å²) < 4.78 is 5.75. The van der Waals surface area contributed by atoms with Gasteiger partial charge in [-0.05, 0) is 38.8 Å². The first-order valence-corrected chi connectivity index (χ1v) is 7.69. The lowest BCUT2D eigenvalue weighted by Crippen LogP contribution is -2.48. The van der Waals surface area contributed by atoms with Gasteiger partial charge < -0.3 is 15.0 Å². The molecule has 1 saturated heterocycles. The normalized spacial score (nSPS) is 22.1. The van der Waals surface area contributed by atoms with Crippen molar-refractivity contribution in [2.24, 2.45) is 0 Å². The van der Waals surface area contributed by atoms with Crippen LogP contribution in [0.15, 0.2) is 12.1 Å². The molecule has 1 aliphatic carbocycles. The topological polar surface area (TPSA) is 37.4 Å². The Morgan fingerprint density at radius 3 is 2.95 bits per heavy atom. The summed E-state index contributed by atoms with van der Waals surface area (Å²) in [5.74, 6) is 0.998. The van der Waals surface area contributed by atoms with Crippen molar-refractivity contribution in [1.29, 1.82) is 0 Å². The number of rotatable bonds is 4. The van der Waals surface area contributed by atoms with E-state index >= 15 is 0 Å². The molecule has 20 heavy (non-hydrogen) atoms. The number of halogens is 1. The quantitative estimate of drug-likeness (QED) is 0.926. The fourth-order valence-electron chi connectivity index (χ4n) is 2.51. The summed E-state index contributed by atoms with van der Waals surface area (Å²) in [5.41, 5.74) is 0.826. The van der Waals surface area contributed by atoms with Crippen LogP contribution in [-0.4, -0.2) is 36.3 Å². The number of morpholine rings is 1. The molecule has 5 heteroatoms. The number of ether oxygens (including phenoxy) is 1. The molecular formula is C15H22ClN3O. The van der Waals surface area contributed by atoms with Crippen LogP contribution >= 0.6 is 11.6 Å². The van der Waals surface area contributed by atoms with Crippen LogP contribution in [-0.2, 0) is 11.3 Å². The van der Waals surface area contributed by atoms with Crippen LogP contribution in [0.3, 0.4) is 0 Å². The third kappa shape index (κ3) is 3.43. The molecule has 2 fully saturated rings.